The molecule has 0 aliphatic carbocycles. The molecule has 4 heteroatoms. The minimum Gasteiger partial charge on any atom is -0.396 e. The monoisotopic (exact) mass is 286 g/mol. The number of hydrogen-bond acceptors (Lipinski definition) is 3. The van der Waals surface area contributed by atoms with Crippen LogP contribution in [0, 0.1) is 24.7 Å². The molecular weight excluding hydrogens is 264 g/mol. The van der Waals surface area contributed by atoms with E-state index in [0.717, 1.165) is 30.5 Å². The lowest BCUT2D eigenvalue weighted by Gasteiger charge is -2.32. The number of likely N-dealkylation sites (tertiary alicyclic amines) is 1. The second-order valence-corrected chi connectivity index (χ2v) is 5.48. The third-order valence-electron chi connectivity index (χ3n) is 3.87. The van der Waals surface area contributed by atoms with E-state index in [9.17, 15) is 9.90 Å². The van der Waals surface area contributed by atoms with E-state index in [1.165, 1.54) is 0 Å². The van der Waals surface area contributed by atoms with E-state index in [2.05, 4.69) is 11.8 Å². The Morgan fingerprint density at radius 1 is 1.52 bits per heavy atom. The van der Waals surface area contributed by atoms with Crippen molar-refractivity contribution in [3.8, 4) is 11.8 Å². The van der Waals surface area contributed by atoms with Crippen LogP contribution in [0.3, 0.4) is 0 Å². The number of rotatable bonds is 2. The summed E-state index contributed by atoms with van der Waals surface area (Å²) >= 11 is 0. The molecule has 0 saturated carbocycles. The lowest BCUT2D eigenvalue weighted by Crippen LogP contribution is -2.41. The van der Waals surface area contributed by atoms with Gasteiger partial charge in [-0.3, -0.25) is 4.79 Å². The molecule has 0 spiro atoms. The molecule has 1 saturated heterocycles. The smallest absolute Gasteiger partial charge is 0.254 e. The van der Waals surface area contributed by atoms with E-state index in [-0.39, 0.29) is 18.4 Å². The van der Waals surface area contributed by atoms with Crippen molar-refractivity contribution in [3.05, 3.63) is 34.9 Å². The topological polar surface area (TPSA) is 66.6 Å². The molecule has 1 fully saturated rings. The highest BCUT2D eigenvalue weighted by Gasteiger charge is 2.24. The number of nitrogens with zero attached hydrogens (tertiary/aromatic N) is 1. The number of carbonyl (C=O) groups is 1. The second kappa shape index (κ2) is 7.26. The third kappa shape index (κ3) is 3.84. The second-order valence-electron chi connectivity index (χ2n) is 5.48. The maximum atomic E-state index is 12.7. The zero-order valence-corrected chi connectivity index (χ0v) is 12.4. The summed E-state index contributed by atoms with van der Waals surface area (Å²) in [7, 11) is 0. The minimum absolute atomic E-state index is 0.0297. The molecular formula is C17H22N2O2. The normalized spacial score (nSPS) is 18.0. The summed E-state index contributed by atoms with van der Waals surface area (Å²) in [6.07, 6.45) is 1.93. The Morgan fingerprint density at radius 2 is 2.33 bits per heavy atom. The van der Waals surface area contributed by atoms with Gasteiger partial charge in [0.2, 0.25) is 0 Å². The SMILES string of the molecule is Cc1ccc(C#CCN)cc1C(=O)N1CCCC(CO)C1. The Morgan fingerprint density at radius 3 is 3.05 bits per heavy atom. The molecule has 1 aliphatic rings. The molecule has 0 bridgehead atoms. The predicted octanol–water partition coefficient (Wildman–Crippen LogP) is 1.15. The molecule has 4 nitrogen and oxygen atoms in total. The van der Waals surface area contributed by atoms with Crippen LogP contribution in [0.25, 0.3) is 0 Å². The molecule has 112 valence electrons. The van der Waals surface area contributed by atoms with E-state index in [1.807, 2.05) is 30.0 Å². The summed E-state index contributed by atoms with van der Waals surface area (Å²) in [5.74, 6) is 6.00. The highest BCUT2D eigenvalue weighted by atomic mass is 16.3. The standard InChI is InChI=1S/C17H22N2O2/c1-13-6-7-14(4-2-8-18)10-16(13)17(21)19-9-3-5-15(11-19)12-20/h6-7,10,15,20H,3,5,8-9,11-12,18H2,1H3. The van der Waals surface area contributed by atoms with Crippen molar-refractivity contribution < 1.29 is 9.90 Å². The van der Waals surface area contributed by atoms with E-state index < -0.39 is 0 Å². The van der Waals surface area contributed by atoms with E-state index >= 15 is 0 Å². The van der Waals surface area contributed by atoms with Gasteiger partial charge >= 0.3 is 0 Å². The number of piperidine rings is 1. The Bertz CT molecular complexity index is 572. The summed E-state index contributed by atoms with van der Waals surface area (Å²) in [5.41, 5.74) is 7.83. The number of benzene rings is 1. The first-order valence-corrected chi connectivity index (χ1v) is 7.35. The van der Waals surface area contributed by atoms with Crippen LogP contribution in [-0.4, -0.2) is 42.2 Å². The van der Waals surface area contributed by atoms with Gasteiger partial charge in [0.15, 0.2) is 0 Å². The third-order valence-corrected chi connectivity index (χ3v) is 3.87. The zero-order chi connectivity index (χ0) is 15.2. The molecule has 1 amide bonds. The fourth-order valence-corrected chi connectivity index (χ4v) is 2.65. The summed E-state index contributed by atoms with van der Waals surface area (Å²) < 4.78 is 0. The number of amides is 1. The number of aliphatic hydroxyl groups excluding tert-OH is 1. The van der Waals surface area contributed by atoms with E-state index in [1.54, 1.807) is 0 Å². The largest absolute Gasteiger partial charge is 0.396 e. The Labute approximate surface area is 125 Å². The van der Waals surface area contributed by atoms with Crippen molar-refractivity contribution in [2.75, 3.05) is 26.2 Å². The highest BCUT2D eigenvalue weighted by Crippen LogP contribution is 2.20. The van der Waals surface area contributed by atoms with Crippen molar-refractivity contribution in [1.29, 1.82) is 0 Å². The molecule has 2 rings (SSSR count). The van der Waals surface area contributed by atoms with Gasteiger partial charge in [0, 0.05) is 30.8 Å². The molecule has 3 N–H and O–H groups in total. The summed E-state index contributed by atoms with van der Waals surface area (Å²) in [4.78, 5) is 14.5. The van der Waals surface area contributed by atoms with Crippen molar-refractivity contribution in [2.45, 2.75) is 19.8 Å². The Kier molecular flexibility index (Phi) is 5.38. The van der Waals surface area contributed by atoms with Crippen molar-refractivity contribution in [2.24, 2.45) is 11.7 Å². The highest BCUT2D eigenvalue weighted by molar-refractivity contribution is 5.96. The molecule has 1 heterocycles. The molecule has 0 radical (unpaired) electrons. The summed E-state index contributed by atoms with van der Waals surface area (Å²) in [5, 5.41) is 9.29. The average Bonchev–Trinajstić information content (AvgIpc) is 2.53. The van der Waals surface area contributed by atoms with Gasteiger partial charge in [-0.1, -0.05) is 17.9 Å². The zero-order valence-electron chi connectivity index (χ0n) is 12.4. The maximum absolute atomic E-state index is 12.7. The van der Waals surface area contributed by atoms with Crippen LogP contribution in [0.4, 0.5) is 0 Å². The lowest BCUT2D eigenvalue weighted by molar-refractivity contribution is 0.0620. The maximum Gasteiger partial charge on any atom is 0.254 e. The van der Waals surface area contributed by atoms with Gasteiger partial charge < -0.3 is 15.7 Å². The first kappa shape index (κ1) is 15.6. The van der Waals surface area contributed by atoms with Crippen LogP contribution in [0.15, 0.2) is 18.2 Å². The molecule has 1 aliphatic heterocycles. The Hall–Kier alpha value is -1.83. The van der Waals surface area contributed by atoms with Crippen molar-refractivity contribution in [3.63, 3.8) is 0 Å². The molecule has 21 heavy (non-hydrogen) atoms. The van der Waals surface area contributed by atoms with Crippen LogP contribution in [0.5, 0.6) is 0 Å². The van der Waals surface area contributed by atoms with Gasteiger partial charge in [-0.2, -0.15) is 0 Å². The van der Waals surface area contributed by atoms with Gasteiger partial charge in [0.05, 0.1) is 6.54 Å². The number of carbonyl (C=O) groups excluding carboxylic acids is 1. The average molecular weight is 286 g/mol. The first-order chi connectivity index (χ1) is 10.2. The predicted molar refractivity (Wildman–Crippen MR) is 82.8 cm³/mol. The van der Waals surface area contributed by atoms with Crippen molar-refractivity contribution >= 4 is 5.91 Å². The Balaban J connectivity index is 2.21. The molecule has 1 aromatic carbocycles. The van der Waals surface area contributed by atoms with Gasteiger partial charge in [-0.15, -0.1) is 0 Å². The fourth-order valence-electron chi connectivity index (χ4n) is 2.65. The van der Waals surface area contributed by atoms with Crippen LogP contribution in [0.2, 0.25) is 0 Å². The molecule has 0 aromatic heterocycles. The fraction of sp³-hybridized carbons (Fsp3) is 0.471. The summed E-state index contributed by atoms with van der Waals surface area (Å²) in [6, 6.07) is 5.66. The lowest BCUT2D eigenvalue weighted by atomic mass is 9.97. The first-order valence-electron chi connectivity index (χ1n) is 7.35. The van der Waals surface area contributed by atoms with E-state index in [4.69, 9.17) is 5.73 Å². The number of hydrogen-bond donors (Lipinski definition) is 2. The van der Waals surface area contributed by atoms with Crippen LogP contribution < -0.4 is 5.73 Å². The molecule has 1 unspecified atom stereocenters. The van der Waals surface area contributed by atoms with Crippen LogP contribution in [-0.2, 0) is 0 Å². The van der Waals surface area contributed by atoms with Gasteiger partial charge in [0.1, 0.15) is 0 Å². The van der Waals surface area contributed by atoms with E-state index in [0.29, 0.717) is 18.7 Å². The summed E-state index contributed by atoms with van der Waals surface area (Å²) in [6.45, 7) is 3.77. The van der Waals surface area contributed by atoms with Gasteiger partial charge in [-0.05, 0) is 43.4 Å². The van der Waals surface area contributed by atoms with Crippen LogP contribution >= 0.6 is 0 Å². The van der Waals surface area contributed by atoms with Gasteiger partial charge in [-0.25, -0.2) is 0 Å². The number of nitrogens with two attached hydrogens (primary N) is 1. The van der Waals surface area contributed by atoms with Gasteiger partial charge in [0.25, 0.3) is 5.91 Å². The van der Waals surface area contributed by atoms with Crippen molar-refractivity contribution in [1.82, 2.24) is 4.90 Å². The molecule has 1 aromatic rings. The van der Waals surface area contributed by atoms with Crippen LogP contribution in [0.1, 0.15) is 34.3 Å². The number of aryl methyl sites for hydroxylation is 1. The minimum atomic E-state index is 0.0297. The molecule has 1 atom stereocenters. The quantitative estimate of drug-likeness (QED) is 0.802. The number of aliphatic hydroxyl groups is 1.